The molecule has 2 heteroatoms. The highest BCUT2D eigenvalue weighted by Gasteiger charge is 2.68. The summed E-state index contributed by atoms with van der Waals surface area (Å²) in [5.41, 5.74) is 1.11. The third kappa shape index (κ3) is 0.646. The van der Waals surface area contributed by atoms with E-state index in [-0.39, 0.29) is 0 Å². The number of nitrogens with one attached hydrogen (secondary N) is 2. The highest BCUT2D eigenvalue weighted by molar-refractivity contribution is 5.24. The van der Waals surface area contributed by atoms with Crippen LogP contribution in [0.4, 0.5) is 0 Å². The highest BCUT2D eigenvalue weighted by Crippen LogP contribution is 2.62. The molecule has 5 saturated heterocycles. The summed E-state index contributed by atoms with van der Waals surface area (Å²) in [5, 5.41) is 7.75. The quantitative estimate of drug-likeness (QED) is 0.601. The molecule has 5 heterocycles. The van der Waals surface area contributed by atoms with Crippen LogP contribution in [0, 0.1) is 16.7 Å². The van der Waals surface area contributed by atoms with E-state index in [1.807, 2.05) is 0 Å². The van der Waals surface area contributed by atoms with Gasteiger partial charge in [-0.2, -0.15) is 0 Å². The summed E-state index contributed by atoms with van der Waals surface area (Å²) in [6.07, 6.45) is 4.34. The van der Waals surface area contributed by atoms with Crippen LogP contribution in [0.15, 0.2) is 0 Å². The van der Waals surface area contributed by atoms with Crippen LogP contribution in [0.5, 0.6) is 0 Å². The van der Waals surface area contributed by atoms with Gasteiger partial charge < -0.3 is 10.6 Å². The van der Waals surface area contributed by atoms with Crippen molar-refractivity contribution in [1.82, 2.24) is 10.6 Å². The van der Waals surface area contributed by atoms with Crippen LogP contribution in [-0.4, -0.2) is 24.7 Å². The van der Waals surface area contributed by atoms with Gasteiger partial charge in [0.05, 0.1) is 0 Å². The smallest absolute Gasteiger partial charge is 0.0205 e. The third-order valence-electron chi connectivity index (χ3n) is 5.81. The van der Waals surface area contributed by atoms with Gasteiger partial charge in [0.25, 0.3) is 0 Å². The summed E-state index contributed by atoms with van der Waals surface area (Å²) in [6, 6.07) is 2.46. The zero-order valence-corrected chi connectivity index (χ0v) is 9.14. The summed E-state index contributed by atoms with van der Waals surface area (Å²) in [5.74, 6) is 0.928. The van der Waals surface area contributed by atoms with Crippen molar-refractivity contribution in [3.8, 4) is 0 Å². The topological polar surface area (TPSA) is 24.1 Å². The number of hydrogen-bond acceptors (Lipinski definition) is 2. The number of piperidine rings is 5. The molecule has 7 fully saturated rings. The fourth-order valence-corrected chi connectivity index (χ4v) is 5.31. The van der Waals surface area contributed by atoms with Crippen molar-refractivity contribution in [2.75, 3.05) is 6.54 Å². The molecule has 0 radical (unpaired) electrons. The second-order valence-electron chi connectivity index (χ2n) is 6.63. The maximum atomic E-state index is 3.92. The molecule has 6 bridgehead atoms. The number of fused-ring (bicyclic) bond motifs is 2. The lowest BCUT2D eigenvalue weighted by Crippen LogP contribution is -2.84. The Kier molecular flexibility index (Phi) is 1.19. The van der Waals surface area contributed by atoms with Gasteiger partial charge in [-0.05, 0) is 36.0 Å². The summed E-state index contributed by atoms with van der Waals surface area (Å²) in [7, 11) is 0. The maximum absolute atomic E-state index is 3.92. The first-order valence-corrected chi connectivity index (χ1v) is 6.13. The lowest BCUT2D eigenvalue weighted by molar-refractivity contribution is -0.174. The van der Waals surface area contributed by atoms with Crippen molar-refractivity contribution in [3.05, 3.63) is 0 Å². The molecule has 14 heavy (non-hydrogen) atoms. The van der Waals surface area contributed by atoms with Crippen molar-refractivity contribution >= 4 is 0 Å². The predicted molar refractivity (Wildman–Crippen MR) is 56.1 cm³/mol. The van der Waals surface area contributed by atoms with E-state index in [1.165, 1.54) is 25.8 Å². The van der Waals surface area contributed by atoms with Gasteiger partial charge in [-0.1, -0.05) is 13.8 Å². The van der Waals surface area contributed by atoms with Crippen molar-refractivity contribution in [2.24, 2.45) is 16.7 Å². The fourth-order valence-electron chi connectivity index (χ4n) is 5.31. The molecule has 2 aliphatic carbocycles. The molecule has 2 saturated carbocycles. The Hall–Kier alpha value is -0.0800. The molecule has 5 aliphatic heterocycles. The second kappa shape index (κ2) is 2.05. The summed E-state index contributed by atoms with van der Waals surface area (Å²) >= 11 is 0. The van der Waals surface area contributed by atoms with Crippen LogP contribution in [0.1, 0.15) is 33.1 Å². The van der Waals surface area contributed by atoms with E-state index in [0.29, 0.717) is 10.8 Å². The Labute approximate surface area is 85.8 Å². The monoisotopic (exact) mass is 192 g/mol. The van der Waals surface area contributed by atoms with E-state index in [4.69, 9.17) is 0 Å². The minimum atomic E-state index is 0.547. The predicted octanol–water partition coefficient (Wildman–Crippen LogP) is 1.12. The Balaban J connectivity index is 1.90. The maximum Gasteiger partial charge on any atom is 0.0205 e. The Morgan fingerprint density at radius 1 is 1.29 bits per heavy atom. The lowest BCUT2D eigenvalue weighted by Gasteiger charge is -2.73. The SMILES string of the molecule is CC12CN[C@@H]3[C@@H](C1)[C@H]1CC[C@]3(C)[C@@H]2N1. The minimum Gasteiger partial charge on any atom is -0.312 e. The van der Waals surface area contributed by atoms with Crippen molar-refractivity contribution in [1.29, 1.82) is 0 Å². The molecule has 0 aromatic heterocycles. The van der Waals surface area contributed by atoms with Gasteiger partial charge in [-0.15, -0.1) is 0 Å². The van der Waals surface area contributed by atoms with E-state index in [1.54, 1.807) is 0 Å². The summed E-state index contributed by atoms with van der Waals surface area (Å²) < 4.78 is 0. The molecule has 78 valence electrons. The van der Waals surface area contributed by atoms with Gasteiger partial charge in [0.2, 0.25) is 0 Å². The van der Waals surface area contributed by atoms with E-state index in [2.05, 4.69) is 24.5 Å². The molecule has 0 amide bonds. The van der Waals surface area contributed by atoms with Gasteiger partial charge >= 0.3 is 0 Å². The van der Waals surface area contributed by atoms with E-state index < -0.39 is 0 Å². The van der Waals surface area contributed by atoms with Crippen LogP contribution < -0.4 is 10.6 Å². The molecule has 2 N–H and O–H groups in total. The van der Waals surface area contributed by atoms with Crippen LogP contribution in [-0.2, 0) is 0 Å². The van der Waals surface area contributed by atoms with Gasteiger partial charge in [-0.25, -0.2) is 0 Å². The second-order valence-corrected chi connectivity index (χ2v) is 6.63. The number of hydrogen-bond donors (Lipinski definition) is 2. The Morgan fingerprint density at radius 3 is 2.86 bits per heavy atom. The van der Waals surface area contributed by atoms with E-state index >= 15 is 0 Å². The first-order valence-electron chi connectivity index (χ1n) is 6.13. The van der Waals surface area contributed by atoms with E-state index in [0.717, 1.165) is 24.0 Å². The van der Waals surface area contributed by atoms with Gasteiger partial charge in [-0.3, -0.25) is 0 Å². The van der Waals surface area contributed by atoms with Crippen LogP contribution in [0.3, 0.4) is 0 Å². The highest BCUT2D eigenvalue weighted by atomic mass is 15.2. The summed E-state index contributed by atoms with van der Waals surface area (Å²) in [4.78, 5) is 0. The third-order valence-corrected chi connectivity index (χ3v) is 5.81. The molecule has 6 atom stereocenters. The number of rotatable bonds is 0. The van der Waals surface area contributed by atoms with Crippen LogP contribution in [0.2, 0.25) is 0 Å². The minimum absolute atomic E-state index is 0.547. The van der Waals surface area contributed by atoms with Crippen molar-refractivity contribution in [3.63, 3.8) is 0 Å². The zero-order chi connectivity index (χ0) is 9.55. The molecule has 0 aromatic rings. The average Bonchev–Trinajstić information content (AvgIpc) is 2.16. The van der Waals surface area contributed by atoms with Crippen LogP contribution in [0.25, 0.3) is 0 Å². The molecule has 2 nitrogen and oxygen atoms in total. The molecule has 0 spiro atoms. The first kappa shape index (κ1) is 8.12. The van der Waals surface area contributed by atoms with E-state index in [9.17, 15) is 0 Å². The zero-order valence-electron chi connectivity index (χ0n) is 9.14. The Morgan fingerprint density at radius 2 is 2.14 bits per heavy atom. The van der Waals surface area contributed by atoms with Gasteiger partial charge in [0.15, 0.2) is 0 Å². The van der Waals surface area contributed by atoms with Crippen molar-refractivity contribution < 1.29 is 0 Å². The molecule has 0 aromatic carbocycles. The normalized spacial score (nSPS) is 69.0. The van der Waals surface area contributed by atoms with Gasteiger partial charge in [0, 0.05) is 24.7 Å². The molecular weight excluding hydrogens is 172 g/mol. The van der Waals surface area contributed by atoms with Gasteiger partial charge in [0.1, 0.15) is 0 Å². The standard InChI is InChI=1S/C12H20N2/c1-11-5-7-8-3-4-12(2,10(11)14-8)9(7)13-6-11/h7-10,13-14H,3-6H2,1-2H3/t7-,8+,9+,10+,11?,12-/m0/s1. The molecule has 7 rings (SSSR count). The average molecular weight is 192 g/mol. The summed E-state index contributed by atoms with van der Waals surface area (Å²) in [6.45, 7) is 6.25. The molecule has 1 unspecified atom stereocenters. The molecular formula is C12H20N2. The Bertz CT molecular complexity index is 303. The van der Waals surface area contributed by atoms with Crippen molar-refractivity contribution in [2.45, 2.75) is 51.2 Å². The largest absolute Gasteiger partial charge is 0.312 e. The first-order chi connectivity index (χ1) is 6.63. The van der Waals surface area contributed by atoms with Crippen LogP contribution >= 0.6 is 0 Å². The fraction of sp³-hybridized carbons (Fsp3) is 1.00. The molecule has 7 aliphatic rings. The lowest BCUT2D eigenvalue weighted by atomic mass is 9.42.